The molecule has 1 unspecified atom stereocenters. The third-order valence-electron chi connectivity index (χ3n) is 5.26. The van der Waals surface area contributed by atoms with E-state index in [4.69, 9.17) is 0 Å². The lowest BCUT2D eigenvalue weighted by Gasteiger charge is -2.25. The summed E-state index contributed by atoms with van der Waals surface area (Å²) >= 11 is 0. The van der Waals surface area contributed by atoms with Crippen molar-refractivity contribution >= 4 is 22.5 Å². The molecule has 0 saturated heterocycles. The molecule has 29 heavy (non-hydrogen) atoms. The molecule has 0 radical (unpaired) electrons. The number of amides is 1. The van der Waals surface area contributed by atoms with Crippen molar-refractivity contribution in [2.75, 3.05) is 18.0 Å². The molecule has 0 aliphatic heterocycles. The van der Waals surface area contributed by atoms with Gasteiger partial charge in [-0.2, -0.15) is 0 Å². The quantitative estimate of drug-likeness (QED) is 0.615. The number of anilines is 1. The molecule has 0 saturated carbocycles. The van der Waals surface area contributed by atoms with E-state index in [0.29, 0.717) is 11.1 Å². The predicted molar refractivity (Wildman–Crippen MR) is 118 cm³/mol. The summed E-state index contributed by atoms with van der Waals surface area (Å²) in [5.74, 6) is -0.124. The average molecular weight is 392 g/mol. The summed E-state index contributed by atoms with van der Waals surface area (Å²) in [6, 6.07) is 15.2. The van der Waals surface area contributed by atoms with Crippen LogP contribution in [0.2, 0.25) is 0 Å². The van der Waals surface area contributed by atoms with Gasteiger partial charge >= 0.3 is 0 Å². The SMILES string of the molecule is CCN(CC)c1ccc(C(NC(=O)C(C)C)c2ccc3cccnc3c2O)cc1. The third kappa shape index (κ3) is 4.34. The van der Waals surface area contributed by atoms with Gasteiger partial charge in [-0.05, 0) is 37.6 Å². The summed E-state index contributed by atoms with van der Waals surface area (Å²) < 4.78 is 0. The molecule has 1 aromatic heterocycles. The van der Waals surface area contributed by atoms with Gasteiger partial charge in [-0.15, -0.1) is 0 Å². The van der Waals surface area contributed by atoms with Gasteiger partial charge in [0, 0.05) is 41.8 Å². The Bertz CT molecular complexity index is 979. The fourth-order valence-corrected chi connectivity index (χ4v) is 3.49. The van der Waals surface area contributed by atoms with E-state index in [2.05, 4.69) is 41.2 Å². The number of carbonyl (C=O) groups excluding carboxylic acids is 1. The standard InChI is InChI=1S/C24H29N3O2/c1-5-27(6-2)19-12-9-18(10-13-19)21(26-24(29)16(3)4)20-14-11-17-8-7-15-25-22(17)23(20)28/h7-16,21,28H,5-6H2,1-4H3,(H,26,29). The zero-order chi connectivity index (χ0) is 21.0. The first kappa shape index (κ1) is 20.6. The first-order chi connectivity index (χ1) is 14.0. The van der Waals surface area contributed by atoms with Crippen LogP contribution in [-0.2, 0) is 4.79 Å². The average Bonchev–Trinajstić information content (AvgIpc) is 2.74. The van der Waals surface area contributed by atoms with Crippen molar-refractivity contribution in [1.82, 2.24) is 10.3 Å². The summed E-state index contributed by atoms with van der Waals surface area (Å²) in [7, 11) is 0. The van der Waals surface area contributed by atoms with Crippen LogP contribution in [0.3, 0.4) is 0 Å². The van der Waals surface area contributed by atoms with E-state index in [0.717, 1.165) is 29.7 Å². The largest absolute Gasteiger partial charge is 0.505 e. The minimum absolute atomic E-state index is 0.0664. The van der Waals surface area contributed by atoms with Gasteiger partial charge < -0.3 is 15.3 Å². The first-order valence-electron chi connectivity index (χ1n) is 10.2. The maximum atomic E-state index is 12.5. The summed E-state index contributed by atoms with van der Waals surface area (Å²) in [5, 5.41) is 14.9. The number of pyridine rings is 1. The van der Waals surface area contributed by atoms with Crippen LogP contribution in [0.5, 0.6) is 5.75 Å². The van der Waals surface area contributed by atoms with E-state index < -0.39 is 6.04 Å². The van der Waals surface area contributed by atoms with Crippen LogP contribution in [-0.4, -0.2) is 29.1 Å². The van der Waals surface area contributed by atoms with Crippen molar-refractivity contribution in [2.24, 2.45) is 5.92 Å². The zero-order valence-corrected chi connectivity index (χ0v) is 17.5. The number of aromatic nitrogens is 1. The number of hydrogen-bond acceptors (Lipinski definition) is 4. The Kier molecular flexibility index (Phi) is 6.37. The zero-order valence-electron chi connectivity index (χ0n) is 17.5. The number of hydrogen-bond donors (Lipinski definition) is 2. The van der Waals surface area contributed by atoms with Gasteiger partial charge in [0.15, 0.2) is 0 Å². The molecule has 1 heterocycles. The van der Waals surface area contributed by atoms with Gasteiger partial charge in [-0.3, -0.25) is 9.78 Å². The van der Waals surface area contributed by atoms with Crippen molar-refractivity contribution in [3.63, 3.8) is 0 Å². The van der Waals surface area contributed by atoms with Crippen LogP contribution in [0.25, 0.3) is 10.9 Å². The Hall–Kier alpha value is -3.08. The van der Waals surface area contributed by atoms with Gasteiger partial charge in [0.25, 0.3) is 0 Å². The van der Waals surface area contributed by atoms with Crippen LogP contribution >= 0.6 is 0 Å². The Labute approximate surface area is 172 Å². The van der Waals surface area contributed by atoms with Crippen molar-refractivity contribution in [3.8, 4) is 5.75 Å². The number of aromatic hydroxyl groups is 1. The summed E-state index contributed by atoms with van der Waals surface area (Å²) in [6.45, 7) is 9.84. The van der Waals surface area contributed by atoms with Gasteiger partial charge in [-0.25, -0.2) is 0 Å². The van der Waals surface area contributed by atoms with Crippen molar-refractivity contribution in [2.45, 2.75) is 33.7 Å². The predicted octanol–water partition coefficient (Wildman–Crippen LogP) is 4.65. The Morgan fingerprint density at radius 1 is 1.07 bits per heavy atom. The number of nitrogens with zero attached hydrogens (tertiary/aromatic N) is 2. The summed E-state index contributed by atoms with van der Waals surface area (Å²) in [6.07, 6.45) is 1.66. The second-order valence-electron chi connectivity index (χ2n) is 7.44. The first-order valence-corrected chi connectivity index (χ1v) is 10.2. The number of benzene rings is 2. The van der Waals surface area contributed by atoms with Gasteiger partial charge in [-0.1, -0.05) is 44.2 Å². The fourth-order valence-electron chi connectivity index (χ4n) is 3.49. The Morgan fingerprint density at radius 2 is 1.76 bits per heavy atom. The van der Waals surface area contributed by atoms with Gasteiger partial charge in [0.05, 0.1) is 6.04 Å². The van der Waals surface area contributed by atoms with Crippen LogP contribution in [0, 0.1) is 5.92 Å². The smallest absolute Gasteiger partial charge is 0.223 e. The lowest BCUT2D eigenvalue weighted by molar-refractivity contribution is -0.124. The van der Waals surface area contributed by atoms with E-state index >= 15 is 0 Å². The lowest BCUT2D eigenvalue weighted by atomic mass is 9.95. The molecular weight excluding hydrogens is 362 g/mol. The number of nitrogens with one attached hydrogen (secondary N) is 1. The normalized spacial score (nSPS) is 12.2. The second-order valence-corrected chi connectivity index (χ2v) is 7.44. The Morgan fingerprint density at radius 3 is 2.38 bits per heavy atom. The highest BCUT2D eigenvalue weighted by Gasteiger charge is 2.23. The van der Waals surface area contributed by atoms with E-state index in [1.807, 2.05) is 50.2 Å². The van der Waals surface area contributed by atoms with Crippen LogP contribution in [0.4, 0.5) is 5.69 Å². The molecule has 2 N–H and O–H groups in total. The van der Waals surface area contributed by atoms with Crippen LogP contribution in [0.1, 0.15) is 44.9 Å². The number of rotatable bonds is 7. The fraction of sp³-hybridized carbons (Fsp3) is 0.333. The minimum atomic E-state index is -0.456. The van der Waals surface area contributed by atoms with Gasteiger partial charge in [0.1, 0.15) is 11.3 Å². The molecule has 2 aromatic carbocycles. The number of phenols is 1. The van der Waals surface area contributed by atoms with Gasteiger partial charge in [0.2, 0.25) is 5.91 Å². The molecule has 1 atom stereocenters. The molecule has 3 rings (SSSR count). The molecular formula is C24H29N3O2. The third-order valence-corrected chi connectivity index (χ3v) is 5.26. The highest BCUT2D eigenvalue weighted by Crippen LogP contribution is 2.35. The summed E-state index contributed by atoms with van der Waals surface area (Å²) in [4.78, 5) is 19.1. The van der Waals surface area contributed by atoms with Crippen molar-refractivity contribution in [3.05, 3.63) is 65.9 Å². The molecule has 0 bridgehead atoms. The molecule has 0 spiro atoms. The topological polar surface area (TPSA) is 65.5 Å². The minimum Gasteiger partial charge on any atom is -0.505 e. The lowest BCUT2D eigenvalue weighted by Crippen LogP contribution is -2.32. The maximum Gasteiger partial charge on any atom is 0.223 e. The summed E-state index contributed by atoms with van der Waals surface area (Å²) in [5.41, 5.74) is 3.23. The van der Waals surface area contributed by atoms with E-state index in [-0.39, 0.29) is 17.6 Å². The maximum absolute atomic E-state index is 12.5. The number of carbonyl (C=O) groups is 1. The molecule has 0 aliphatic carbocycles. The Balaban J connectivity index is 2.06. The van der Waals surface area contributed by atoms with Crippen molar-refractivity contribution in [1.29, 1.82) is 0 Å². The second kappa shape index (κ2) is 8.95. The monoisotopic (exact) mass is 391 g/mol. The molecule has 1 amide bonds. The van der Waals surface area contributed by atoms with Crippen molar-refractivity contribution < 1.29 is 9.90 Å². The molecule has 0 fully saturated rings. The van der Waals surface area contributed by atoms with Crippen LogP contribution in [0.15, 0.2) is 54.7 Å². The van der Waals surface area contributed by atoms with E-state index in [1.165, 1.54) is 0 Å². The highest BCUT2D eigenvalue weighted by molar-refractivity contribution is 5.86. The van der Waals surface area contributed by atoms with E-state index in [1.54, 1.807) is 6.20 Å². The number of phenolic OH excluding ortho intramolecular Hbond substituents is 1. The highest BCUT2D eigenvalue weighted by atomic mass is 16.3. The molecule has 5 nitrogen and oxygen atoms in total. The molecule has 0 aliphatic rings. The van der Waals surface area contributed by atoms with E-state index in [9.17, 15) is 9.90 Å². The molecule has 5 heteroatoms. The molecule has 152 valence electrons. The molecule has 3 aromatic rings. The van der Waals surface area contributed by atoms with Crippen LogP contribution < -0.4 is 10.2 Å². The number of fused-ring (bicyclic) bond motifs is 1.